The average molecular weight is 451 g/mol. The molecule has 0 radical (unpaired) electrons. The van der Waals surface area contributed by atoms with Crippen LogP contribution in [-0.2, 0) is 11.2 Å². The van der Waals surface area contributed by atoms with Crippen LogP contribution in [0.1, 0.15) is 75.7 Å². The van der Waals surface area contributed by atoms with Gasteiger partial charge in [-0.2, -0.15) is 0 Å². The molecule has 33 heavy (non-hydrogen) atoms. The van der Waals surface area contributed by atoms with E-state index in [0.717, 1.165) is 56.5 Å². The van der Waals surface area contributed by atoms with Gasteiger partial charge >= 0.3 is 0 Å². The molecule has 0 saturated carbocycles. The predicted molar refractivity (Wildman–Crippen MR) is 138 cm³/mol. The number of rotatable bonds is 13. The number of nitrogens with zero attached hydrogens (tertiary/aromatic N) is 1. The first-order chi connectivity index (χ1) is 15.8. The van der Waals surface area contributed by atoms with E-state index in [2.05, 4.69) is 49.3 Å². The quantitative estimate of drug-likeness (QED) is 0.292. The molecule has 0 saturated heterocycles. The number of hydrogen-bond acceptors (Lipinski definition) is 3. The van der Waals surface area contributed by atoms with E-state index in [1.807, 2.05) is 44.2 Å². The van der Waals surface area contributed by atoms with Crippen LogP contribution in [-0.4, -0.2) is 36.7 Å². The molecule has 1 atom stereocenters. The maximum absolute atomic E-state index is 12.5. The summed E-state index contributed by atoms with van der Waals surface area (Å²) in [5, 5.41) is 3.03. The Bertz CT molecular complexity index is 879. The van der Waals surface area contributed by atoms with Crippen molar-refractivity contribution in [3.63, 3.8) is 0 Å². The molecule has 1 unspecified atom stereocenters. The number of amides is 1. The van der Waals surface area contributed by atoms with E-state index < -0.39 is 0 Å². The van der Waals surface area contributed by atoms with Gasteiger partial charge in [-0.25, -0.2) is 0 Å². The Morgan fingerprint density at radius 2 is 1.91 bits per heavy atom. The molecule has 0 spiro atoms. The number of hydrogen-bond donors (Lipinski definition) is 1. The highest BCUT2D eigenvalue weighted by atomic mass is 16.1. The molecule has 1 aliphatic rings. The zero-order valence-electron chi connectivity index (χ0n) is 21.2. The van der Waals surface area contributed by atoms with E-state index in [-0.39, 0.29) is 17.6 Å². The van der Waals surface area contributed by atoms with E-state index in [0.29, 0.717) is 12.3 Å². The van der Waals surface area contributed by atoms with Gasteiger partial charge < -0.3 is 10.2 Å². The van der Waals surface area contributed by atoms with Crippen LogP contribution in [0, 0.1) is 11.8 Å². The number of benzene rings is 1. The average Bonchev–Trinajstić information content (AvgIpc) is 3.05. The Morgan fingerprint density at radius 3 is 2.64 bits per heavy atom. The third-order valence-corrected chi connectivity index (χ3v) is 6.33. The molecule has 1 amide bonds. The number of ketones is 1. The van der Waals surface area contributed by atoms with Crippen LogP contribution in [0.2, 0.25) is 0 Å². The summed E-state index contributed by atoms with van der Waals surface area (Å²) in [6, 6.07) is 8.02. The fraction of sp³-hybridized carbons (Fsp3) is 0.517. The third-order valence-electron chi connectivity index (χ3n) is 6.33. The molecule has 180 valence electrons. The van der Waals surface area contributed by atoms with E-state index in [9.17, 15) is 9.59 Å². The standard InChI is InChI=1S/C29H42N2O2/c1-6-24-12-11-14-26(20-24)28(32)16-9-10-18-31(5)19-17-23(4)25-13-7-8-15-27(21-25)30-29(33)22(2)3/h7-8,11-12,14-15,20-23H,6,9-10,13,16-19H2,1-5H3,(H,30,33). The van der Waals surface area contributed by atoms with Crippen molar-refractivity contribution in [1.82, 2.24) is 10.2 Å². The lowest BCUT2D eigenvalue weighted by molar-refractivity contribution is -0.123. The van der Waals surface area contributed by atoms with Crippen LogP contribution in [0.15, 0.2) is 59.8 Å². The van der Waals surface area contributed by atoms with Crippen LogP contribution < -0.4 is 5.32 Å². The molecule has 1 aliphatic carbocycles. The molecule has 1 aromatic rings. The molecular weight excluding hydrogens is 408 g/mol. The smallest absolute Gasteiger partial charge is 0.226 e. The van der Waals surface area contributed by atoms with Crippen molar-refractivity contribution in [2.45, 2.75) is 66.2 Å². The van der Waals surface area contributed by atoms with E-state index >= 15 is 0 Å². The molecule has 1 aromatic carbocycles. The lowest BCUT2D eigenvalue weighted by Crippen LogP contribution is -2.26. The summed E-state index contributed by atoms with van der Waals surface area (Å²) in [5.74, 6) is 0.722. The van der Waals surface area contributed by atoms with Crippen molar-refractivity contribution < 1.29 is 9.59 Å². The lowest BCUT2D eigenvalue weighted by Gasteiger charge is -2.21. The first-order valence-electron chi connectivity index (χ1n) is 12.5. The molecule has 0 aliphatic heterocycles. The van der Waals surface area contributed by atoms with Gasteiger partial charge in [-0.1, -0.05) is 63.6 Å². The third kappa shape index (κ3) is 9.51. The van der Waals surface area contributed by atoms with Crippen molar-refractivity contribution in [1.29, 1.82) is 0 Å². The van der Waals surface area contributed by atoms with Gasteiger partial charge in [0.05, 0.1) is 0 Å². The number of nitrogens with one attached hydrogen (secondary N) is 1. The molecule has 0 bridgehead atoms. The van der Waals surface area contributed by atoms with Gasteiger partial charge in [0, 0.05) is 23.6 Å². The summed E-state index contributed by atoms with van der Waals surface area (Å²) in [5.41, 5.74) is 4.30. The highest BCUT2D eigenvalue weighted by Crippen LogP contribution is 2.23. The van der Waals surface area contributed by atoms with Crippen LogP contribution >= 0.6 is 0 Å². The largest absolute Gasteiger partial charge is 0.326 e. The fourth-order valence-corrected chi connectivity index (χ4v) is 3.88. The summed E-state index contributed by atoms with van der Waals surface area (Å²) in [4.78, 5) is 26.9. The zero-order chi connectivity index (χ0) is 24.2. The number of allylic oxidation sites excluding steroid dienone is 5. The normalized spacial score (nSPS) is 14.6. The summed E-state index contributed by atoms with van der Waals surface area (Å²) < 4.78 is 0. The summed E-state index contributed by atoms with van der Waals surface area (Å²) in [6.45, 7) is 10.2. The molecule has 0 aromatic heterocycles. The molecule has 0 fully saturated rings. The topological polar surface area (TPSA) is 49.4 Å². The number of unbranched alkanes of at least 4 members (excludes halogenated alkanes) is 1. The molecule has 0 heterocycles. The summed E-state index contributed by atoms with van der Waals surface area (Å²) in [6.07, 6.45) is 13.8. The van der Waals surface area contributed by atoms with Gasteiger partial charge in [-0.3, -0.25) is 9.59 Å². The van der Waals surface area contributed by atoms with Crippen molar-refractivity contribution in [2.75, 3.05) is 20.1 Å². The van der Waals surface area contributed by atoms with Crippen LogP contribution in [0.25, 0.3) is 0 Å². The molecule has 4 nitrogen and oxygen atoms in total. The Morgan fingerprint density at radius 1 is 1.12 bits per heavy atom. The second-order valence-electron chi connectivity index (χ2n) is 9.54. The van der Waals surface area contributed by atoms with Gasteiger partial charge in [-0.15, -0.1) is 0 Å². The maximum Gasteiger partial charge on any atom is 0.226 e. The van der Waals surface area contributed by atoms with Crippen LogP contribution in [0.5, 0.6) is 0 Å². The lowest BCUT2D eigenvalue weighted by atomic mass is 9.94. The fourth-order valence-electron chi connectivity index (χ4n) is 3.88. The highest BCUT2D eigenvalue weighted by Gasteiger charge is 2.14. The maximum atomic E-state index is 12.5. The Balaban J connectivity index is 1.72. The monoisotopic (exact) mass is 450 g/mol. The Hall–Kier alpha value is -2.46. The van der Waals surface area contributed by atoms with Gasteiger partial charge in [0.1, 0.15) is 0 Å². The second kappa shape index (κ2) is 13.9. The number of Topliss-reactive ketones (excluding diaryl/α,β-unsaturated/α-hetero) is 1. The van der Waals surface area contributed by atoms with Crippen LogP contribution in [0.4, 0.5) is 0 Å². The number of carbonyl (C=O) groups excluding carboxylic acids is 2. The minimum Gasteiger partial charge on any atom is -0.326 e. The minimum atomic E-state index is -0.0298. The predicted octanol–water partition coefficient (Wildman–Crippen LogP) is 6.10. The molecular formula is C29H42N2O2. The SMILES string of the molecule is CCc1cccc(C(=O)CCCCN(C)CCC(C)C2=CC(NC(=O)C(C)C)=CC=CC2)c1. The van der Waals surface area contributed by atoms with Gasteiger partial charge in [0.2, 0.25) is 5.91 Å². The molecule has 4 heteroatoms. The van der Waals surface area contributed by atoms with Crippen molar-refractivity contribution in [2.24, 2.45) is 11.8 Å². The highest BCUT2D eigenvalue weighted by molar-refractivity contribution is 5.96. The molecule has 1 N–H and O–H groups in total. The van der Waals surface area contributed by atoms with Crippen LogP contribution in [0.3, 0.4) is 0 Å². The van der Waals surface area contributed by atoms with Crippen molar-refractivity contribution >= 4 is 11.7 Å². The van der Waals surface area contributed by atoms with E-state index in [1.165, 1.54) is 11.1 Å². The van der Waals surface area contributed by atoms with Gasteiger partial charge in [0.25, 0.3) is 0 Å². The van der Waals surface area contributed by atoms with Crippen molar-refractivity contribution in [3.8, 4) is 0 Å². The minimum absolute atomic E-state index is 0.0298. The van der Waals surface area contributed by atoms with Crippen molar-refractivity contribution in [3.05, 3.63) is 71.0 Å². The summed E-state index contributed by atoms with van der Waals surface area (Å²) in [7, 11) is 2.16. The first-order valence-corrected chi connectivity index (χ1v) is 12.5. The zero-order valence-corrected chi connectivity index (χ0v) is 21.2. The number of aryl methyl sites for hydroxylation is 1. The van der Waals surface area contributed by atoms with Gasteiger partial charge in [0.15, 0.2) is 5.78 Å². The first kappa shape index (κ1) is 26.8. The van der Waals surface area contributed by atoms with E-state index in [1.54, 1.807) is 0 Å². The summed E-state index contributed by atoms with van der Waals surface area (Å²) >= 11 is 0. The Labute approximate surface area is 200 Å². The second-order valence-corrected chi connectivity index (χ2v) is 9.54. The van der Waals surface area contributed by atoms with Gasteiger partial charge in [-0.05, 0) is 81.9 Å². The molecule has 2 rings (SSSR count). The number of carbonyl (C=O) groups is 2. The Kier molecular flexibility index (Phi) is 11.3. The van der Waals surface area contributed by atoms with E-state index in [4.69, 9.17) is 0 Å².